The lowest BCUT2D eigenvalue weighted by molar-refractivity contribution is 0.454. The van der Waals surface area contributed by atoms with E-state index in [9.17, 15) is 0 Å². The Balaban J connectivity index is 3.00. The average molecular weight is 286 g/mol. The monoisotopic (exact) mass is 285 g/mol. The molecule has 82 valence electrons. The molecule has 0 radical (unpaired) electrons. The number of rotatable bonds is 4. The third-order valence-corrected chi connectivity index (χ3v) is 3.41. The third kappa shape index (κ3) is 3.37. The lowest BCUT2D eigenvalue weighted by atomic mass is 9.87. The molecule has 1 unspecified atom stereocenters. The largest absolute Gasteiger partial charge is 0.256 e. The molecular weight excluding hydrogens is 270 g/mol. The van der Waals surface area contributed by atoms with E-state index in [4.69, 9.17) is 0 Å². The molecule has 3 heteroatoms. The fourth-order valence-electron chi connectivity index (χ4n) is 1.63. The van der Waals surface area contributed by atoms with Crippen molar-refractivity contribution < 1.29 is 0 Å². The molecule has 0 bridgehead atoms. The lowest BCUT2D eigenvalue weighted by Crippen LogP contribution is -2.33. The van der Waals surface area contributed by atoms with Crippen LogP contribution in [0.15, 0.2) is 40.9 Å². The molecule has 0 saturated carbocycles. The highest BCUT2D eigenvalue weighted by Crippen LogP contribution is 2.29. The molecule has 0 aliphatic heterocycles. The Morgan fingerprint density at radius 3 is 2.40 bits per heavy atom. The molecule has 0 saturated heterocycles. The molecule has 0 fully saturated rings. The number of benzene rings is 1. The highest BCUT2D eigenvalue weighted by molar-refractivity contribution is 9.10. The molecule has 1 nitrogen and oxygen atoms in total. The number of thiol groups is 1. The second kappa shape index (κ2) is 5.19. The Kier molecular flexibility index (Phi) is 4.44. The van der Waals surface area contributed by atoms with E-state index >= 15 is 0 Å². The van der Waals surface area contributed by atoms with Gasteiger partial charge in [0.1, 0.15) is 0 Å². The minimum Gasteiger partial charge on any atom is -0.256 e. The van der Waals surface area contributed by atoms with Crippen molar-refractivity contribution in [3.05, 3.63) is 46.5 Å². The summed E-state index contributed by atoms with van der Waals surface area (Å²) in [6.07, 6.45) is 0.873. The number of hydrogen-bond donors (Lipinski definition) is 2. The van der Waals surface area contributed by atoms with Crippen LogP contribution in [0.4, 0.5) is 0 Å². The van der Waals surface area contributed by atoms with Crippen molar-refractivity contribution in [2.24, 2.45) is 0 Å². The van der Waals surface area contributed by atoms with Crippen LogP contribution >= 0.6 is 28.7 Å². The van der Waals surface area contributed by atoms with Gasteiger partial charge in [0.05, 0.1) is 5.54 Å². The summed E-state index contributed by atoms with van der Waals surface area (Å²) >= 11 is 7.64. The van der Waals surface area contributed by atoms with Gasteiger partial charge in [-0.25, -0.2) is 0 Å². The van der Waals surface area contributed by atoms with E-state index in [1.54, 1.807) is 0 Å². The summed E-state index contributed by atoms with van der Waals surface area (Å²) in [6, 6.07) is 8.26. The molecular formula is C12H16BrNS. The van der Waals surface area contributed by atoms with Crippen LogP contribution in [0.5, 0.6) is 0 Å². The smallest absolute Gasteiger partial charge is 0.0537 e. The predicted octanol–water partition coefficient (Wildman–Crippen LogP) is 4.06. The van der Waals surface area contributed by atoms with Gasteiger partial charge in [-0.15, -0.1) is 6.58 Å². The van der Waals surface area contributed by atoms with Crippen molar-refractivity contribution in [3.8, 4) is 0 Å². The first-order valence-electron chi connectivity index (χ1n) is 4.79. The van der Waals surface area contributed by atoms with Gasteiger partial charge in [-0.05, 0) is 38.0 Å². The van der Waals surface area contributed by atoms with Gasteiger partial charge >= 0.3 is 0 Å². The minimum atomic E-state index is -0.157. The van der Waals surface area contributed by atoms with Crippen LogP contribution in [-0.4, -0.2) is 0 Å². The van der Waals surface area contributed by atoms with Gasteiger partial charge in [-0.2, -0.15) is 0 Å². The van der Waals surface area contributed by atoms with Gasteiger partial charge in [0.15, 0.2) is 0 Å². The Hall–Kier alpha value is -0.250. The van der Waals surface area contributed by atoms with Gasteiger partial charge < -0.3 is 0 Å². The van der Waals surface area contributed by atoms with E-state index in [0.29, 0.717) is 0 Å². The molecule has 1 N–H and O–H groups in total. The summed E-state index contributed by atoms with van der Waals surface area (Å²) in [5.41, 5.74) is 2.20. The fourth-order valence-corrected chi connectivity index (χ4v) is 2.10. The Morgan fingerprint density at radius 2 is 2.00 bits per heavy atom. The molecule has 1 aromatic carbocycles. The van der Waals surface area contributed by atoms with Crippen LogP contribution in [0, 0.1) is 0 Å². The fraction of sp³-hybridized carbons (Fsp3) is 0.333. The highest BCUT2D eigenvalue weighted by Gasteiger charge is 2.24. The average Bonchev–Trinajstić information content (AvgIpc) is 2.17. The zero-order chi connectivity index (χ0) is 11.5. The minimum absolute atomic E-state index is 0.157. The van der Waals surface area contributed by atoms with Crippen LogP contribution in [0.2, 0.25) is 0 Å². The molecule has 0 amide bonds. The van der Waals surface area contributed by atoms with Crippen molar-refractivity contribution in [3.63, 3.8) is 0 Å². The van der Waals surface area contributed by atoms with E-state index in [-0.39, 0.29) is 5.54 Å². The lowest BCUT2D eigenvalue weighted by Gasteiger charge is -2.29. The highest BCUT2D eigenvalue weighted by atomic mass is 79.9. The SMILES string of the molecule is C=C(C)CC(C)(NS)c1ccc(Br)cc1. The van der Waals surface area contributed by atoms with Crippen molar-refractivity contribution in [1.82, 2.24) is 4.72 Å². The van der Waals surface area contributed by atoms with E-state index in [0.717, 1.165) is 16.5 Å². The van der Waals surface area contributed by atoms with Gasteiger partial charge in [0, 0.05) is 4.47 Å². The Bertz CT molecular complexity index is 347. The van der Waals surface area contributed by atoms with Gasteiger partial charge in [0.25, 0.3) is 0 Å². The molecule has 1 rings (SSSR count). The first kappa shape index (κ1) is 12.8. The van der Waals surface area contributed by atoms with Gasteiger partial charge in [0.2, 0.25) is 0 Å². The molecule has 0 aliphatic rings. The molecule has 0 spiro atoms. The molecule has 0 aliphatic carbocycles. The number of halogens is 1. The van der Waals surface area contributed by atoms with Crippen LogP contribution in [-0.2, 0) is 5.54 Å². The number of nitrogens with one attached hydrogen (secondary N) is 1. The Labute approximate surface area is 106 Å². The molecule has 1 atom stereocenters. The summed E-state index contributed by atoms with van der Waals surface area (Å²) in [4.78, 5) is 0. The van der Waals surface area contributed by atoms with Crippen molar-refractivity contribution >= 4 is 28.7 Å². The van der Waals surface area contributed by atoms with E-state index < -0.39 is 0 Å². The maximum atomic E-state index is 4.21. The van der Waals surface area contributed by atoms with Crippen LogP contribution < -0.4 is 4.72 Å². The second-order valence-corrected chi connectivity index (χ2v) is 5.22. The van der Waals surface area contributed by atoms with E-state index in [1.165, 1.54) is 5.56 Å². The predicted molar refractivity (Wildman–Crippen MR) is 73.0 cm³/mol. The first-order valence-corrected chi connectivity index (χ1v) is 6.03. The van der Waals surface area contributed by atoms with Crippen LogP contribution in [0.25, 0.3) is 0 Å². The molecule has 1 aromatic rings. The number of hydrogen-bond acceptors (Lipinski definition) is 2. The molecule has 0 aromatic heterocycles. The third-order valence-electron chi connectivity index (χ3n) is 2.38. The summed E-state index contributed by atoms with van der Waals surface area (Å²) < 4.78 is 4.15. The standard InChI is InChI=1S/C12H16BrNS/c1-9(2)8-12(3,14-15)10-4-6-11(13)7-5-10/h4-7,14-15H,1,8H2,2-3H3. The molecule has 15 heavy (non-hydrogen) atoms. The van der Waals surface area contributed by atoms with Gasteiger partial charge in [-0.3, -0.25) is 4.72 Å². The maximum absolute atomic E-state index is 4.21. The quantitative estimate of drug-likeness (QED) is 0.628. The van der Waals surface area contributed by atoms with E-state index in [1.807, 2.05) is 19.1 Å². The maximum Gasteiger partial charge on any atom is 0.0537 e. The van der Waals surface area contributed by atoms with Crippen LogP contribution in [0.3, 0.4) is 0 Å². The first-order chi connectivity index (χ1) is 6.98. The molecule has 0 heterocycles. The van der Waals surface area contributed by atoms with Crippen molar-refractivity contribution in [2.75, 3.05) is 0 Å². The summed E-state index contributed by atoms with van der Waals surface area (Å²) in [5.74, 6) is 0. The van der Waals surface area contributed by atoms with Crippen molar-refractivity contribution in [2.45, 2.75) is 25.8 Å². The Morgan fingerprint density at radius 1 is 1.47 bits per heavy atom. The second-order valence-electron chi connectivity index (χ2n) is 4.08. The summed E-state index contributed by atoms with van der Waals surface area (Å²) in [5, 5.41) is 0. The zero-order valence-electron chi connectivity index (χ0n) is 9.05. The zero-order valence-corrected chi connectivity index (χ0v) is 11.5. The summed E-state index contributed by atoms with van der Waals surface area (Å²) in [6.45, 7) is 8.10. The van der Waals surface area contributed by atoms with Gasteiger partial charge in [-0.1, -0.05) is 46.5 Å². The van der Waals surface area contributed by atoms with E-state index in [2.05, 4.69) is 59.1 Å². The van der Waals surface area contributed by atoms with Crippen LogP contribution in [0.1, 0.15) is 25.8 Å². The topological polar surface area (TPSA) is 12.0 Å². The normalized spacial score (nSPS) is 14.7. The van der Waals surface area contributed by atoms with Crippen molar-refractivity contribution in [1.29, 1.82) is 0 Å². The summed E-state index contributed by atoms with van der Waals surface area (Å²) in [7, 11) is 0.